The number of morpholine rings is 1. The van der Waals surface area contributed by atoms with Gasteiger partial charge in [0.1, 0.15) is 16.7 Å². The first-order valence-electron chi connectivity index (χ1n) is 9.71. The highest BCUT2D eigenvalue weighted by Crippen LogP contribution is 2.32. The summed E-state index contributed by atoms with van der Waals surface area (Å²) in [5.41, 5.74) is 5.60. The Balaban J connectivity index is 1.61. The quantitative estimate of drug-likeness (QED) is 0.461. The molecule has 0 radical (unpaired) electrons. The number of aromatic amines is 1. The molecule has 2 unspecified atom stereocenters. The Bertz CT molecular complexity index is 1310. The minimum atomic E-state index is -4.23. The Labute approximate surface area is 192 Å². The van der Waals surface area contributed by atoms with Crippen LogP contribution in [0.25, 0.3) is 10.9 Å². The van der Waals surface area contributed by atoms with Gasteiger partial charge >= 0.3 is 0 Å². The number of aromatic nitrogens is 1. The van der Waals surface area contributed by atoms with Crippen molar-refractivity contribution in [3.05, 3.63) is 28.4 Å². The molecule has 11 nitrogen and oxygen atoms in total. The van der Waals surface area contributed by atoms with Gasteiger partial charge in [0, 0.05) is 34.5 Å². The highest BCUT2D eigenvalue weighted by atomic mass is 79.9. The van der Waals surface area contributed by atoms with Gasteiger partial charge in [0.2, 0.25) is 10.0 Å². The van der Waals surface area contributed by atoms with Crippen molar-refractivity contribution in [1.29, 1.82) is 0 Å². The van der Waals surface area contributed by atoms with Gasteiger partial charge in [0.25, 0.3) is 11.8 Å². The maximum absolute atomic E-state index is 13.5. The third-order valence-electron chi connectivity index (χ3n) is 5.46. The van der Waals surface area contributed by atoms with E-state index in [-0.39, 0.29) is 47.2 Å². The molecule has 0 bridgehead atoms. The van der Waals surface area contributed by atoms with E-state index >= 15 is 0 Å². The maximum atomic E-state index is 13.5. The van der Waals surface area contributed by atoms with Gasteiger partial charge in [-0.15, -0.1) is 0 Å². The van der Waals surface area contributed by atoms with Crippen LogP contribution in [-0.2, 0) is 29.4 Å². The number of amides is 2. The third-order valence-corrected chi connectivity index (χ3v) is 9.67. The fourth-order valence-electron chi connectivity index (χ4n) is 3.92. The molecule has 4 N–H and O–H groups in total. The van der Waals surface area contributed by atoms with Crippen LogP contribution in [0.5, 0.6) is 0 Å². The first kappa shape index (κ1) is 23.2. The number of halogens is 1. The van der Waals surface area contributed by atoms with Gasteiger partial charge in [-0.05, 0) is 24.6 Å². The Hall–Kier alpha value is -2.00. The van der Waals surface area contributed by atoms with Crippen LogP contribution in [0.3, 0.4) is 0 Å². The molecule has 2 aliphatic rings. The van der Waals surface area contributed by atoms with Crippen molar-refractivity contribution in [2.24, 2.45) is 5.73 Å². The molecule has 2 atom stereocenters. The zero-order valence-electron chi connectivity index (χ0n) is 16.7. The van der Waals surface area contributed by atoms with Gasteiger partial charge in [-0.2, -0.15) is 4.31 Å². The summed E-state index contributed by atoms with van der Waals surface area (Å²) < 4.78 is 57.4. The maximum Gasteiger partial charge on any atom is 0.266 e. The minimum absolute atomic E-state index is 0.00398. The fourth-order valence-corrected chi connectivity index (χ4v) is 7.71. The van der Waals surface area contributed by atoms with E-state index in [0.717, 1.165) is 4.31 Å². The summed E-state index contributed by atoms with van der Waals surface area (Å²) in [5, 5.41) is 2.92. The molecule has 0 saturated carbocycles. The molecule has 1 aromatic carbocycles. The molecule has 2 amide bonds. The van der Waals surface area contributed by atoms with E-state index in [0.29, 0.717) is 16.4 Å². The van der Waals surface area contributed by atoms with Crippen LogP contribution in [0.15, 0.2) is 27.6 Å². The van der Waals surface area contributed by atoms with Gasteiger partial charge in [0.15, 0.2) is 9.84 Å². The average Bonchev–Trinajstić information content (AvgIpc) is 3.27. The van der Waals surface area contributed by atoms with Crippen molar-refractivity contribution < 1.29 is 31.2 Å². The van der Waals surface area contributed by atoms with E-state index in [2.05, 4.69) is 26.2 Å². The van der Waals surface area contributed by atoms with Crippen LogP contribution < -0.4 is 11.1 Å². The first-order chi connectivity index (χ1) is 15.0. The number of nitrogens with zero attached hydrogens (tertiary/aromatic N) is 1. The molecule has 14 heteroatoms. The highest BCUT2D eigenvalue weighted by molar-refractivity contribution is 9.10. The lowest BCUT2D eigenvalue weighted by Gasteiger charge is -2.32. The molecule has 2 saturated heterocycles. The molecular formula is C18H21BrN4O7S2. The number of primary amides is 1. The summed E-state index contributed by atoms with van der Waals surface area (Å²) in [6, 6.07) is 4.35. The molecule has 2 aliphatic heterocycles. The number of sulfonamides is 1. The lowest BCUT2D eigenvalue weighted by molar-refractivity contribution is -0.136. The van der Waals surface area contributed by atoms with E-state index in [1.807, 2.05) is 0 Å². The van der Waals surface area contributed by atoms with Crippen molar-refractivity contribution in [3.8, 4) is 0 Å². The Morgan fingerprint density at radius 3 is 2.72 bits per heavy atom. The summed E-state index contributed by atoms with van der Waals surface area (Å²) in [7, 11) is -7.41. The van der Waals surface area contributed by atoms with Crippen LogP contribution in [0.1, 0.15) is 16.9 Å². The number of hydrogen-bond donors (Lipinski definition) is 3. The lowest BCUT2D eigenvalue weighted by atomic mass is 10.2. The predicted molar refractivity (Wildman–Crippen MR) is 118 cm³/mol. The van der Waals surface area contributed by atoms with Gasteiger partial charge in [-0.1, -0.05) is 15.9 Å². The minimum Gasteiger partial charge on any atom is -0.366 e. The van der Waals surface area contributed by atoms with Gasteiger partial charge < -0.3 is 20.8 Å². The number of sulfone groups is 1. The van der Waals surface area contributed by atoms with Gasteiger partial charge in [-0.25, -0.2) is 16.8 Å². The van der Waals surface area contributed by atoms with E-state index in [4.69, 9.17) is 10.5 Å². The van der Waals surface area contributed by atoms with Crippen molar-refractivity contribution in [2.75, 3.05) is 31.2 Å². The van der Waals surface area contributed by atoms with Gasteiger partial charge in [-0.3, -0.25) is 9.59 Å². The lowest BCUT2D eigenvalue weighted by Crippen LogP contribution is -2.53. The summed E-state index contributed by atoms with van der Waals surface area (Å²) in [5.74, 6) is -1.67. The number of nitrogens with two attached hydrogens (primary N) is 1. The molecule has 174 valence electrons. The Kier molecular flexibility index (Phi) is 6.09. The Morgan fingerprint density at radius 1 is 1.31 bits per heavy atom. The number of benzene rings is 1. The van der Waals surface area contributed by atoms with E-state index in [1.54, 1.807) is 18.2 Å². The molecule has 1 aromatic heterocycles. The third kappa shape index (κ3) is 4.41. The second-order valence-corrected chi connectivity index (χ2v) is 12.7. The molecule has 2 fully saturated rings. The second-order valence-electron chi connectivity index (χ2n) is 7.71. The van der Waals surface area contributed by atoms with Crippen LogP contribution in [0.2, 0.25) is 0 Å². The smallest absolute Gasteiger partial charge is 0.266 e. The number of carbonyl (C=O) groups excluding carboxylic acids is 2. The molecule has 4 rings (SSSR count). The zero-order chi connectivity index (χ0) is 23.3. The fraction of sp³-hybridized carbons (Fsp3) is 0.444. The van der Waals surface area contributed by atoms with E-state index in [9.17, 15) is 26.4 Å². The summed E-state index contributed by atoms with van der Waals surface area (Å²) >= 11 is 3.30. The number of carbonyl (C=O) groups is 2. The number of fused-ring (bicyclic) bond motifs is 1. The summed E-state index contributed by atoms with van der Waals surface area (Å²) in [6.45, 7) is -0.354. The molecule has 3 heterocycles. The number of nitrogens with one attached hydrogen (secondary N) is 2. The van der Waals surface area contributed by atoms with Gasteiger partial charge in [0.05, 0.1) is 18.1 Å². The number of rotatable bonds is 5. The second kappa shape index (κ2) is 8.41. The SMILES string of the molecule is NC(=O)c1[nH]c2ccc(Br)cc2c1S(=O)(=O)N1CCOC(C(=O)NC2CCS(=O)(=O)C2)C1. The Morgan fingerprint density at radius 2 is 2.06 bits per heavy atom. The molecule has 2 aromatic rings. The standard InChI is InChI=1S/C18H21BrN4O7S2/c19-10-1-2-13-12(7-10)16(15(22-13)17(20)24)32(28,29)23-4-5-30-14(8-23)18(25)21-11-3-6-31(26,27)9-11/h1-2,7,11,14,22H,3-6,8-9H2,(H2,20,24)(H,21,25). The van der Waals surface area contributed by atoms with Crippen molar-refractivity contribution in [2.45, 2.75) is 23.5 Å². The first-order valence-corrected chi connectivity index (χ1v) is 13.8. The highest BCUT2D eigenvalue weighted by Gasteiger charge is 2.39. The largest absolute Gasteiger partial charge is 0.366 e. The van der Waals surface area contributed by atoms with Crippen molar-refractivity contribution in [3.63, 3.8) is 0 Å². The van der Waals surface area contributed by atoms with Crippen molar-refractivity contribution in [1.82, 2.24) is 14.6 Å². The molecular weight excluding hydrogens is 528 g/mol. The van der Waals surface area contributed by atoms with Crippen LogP contribution >= 0.6 is 15.9 Å². The monoisotopic (exact) mass is 548 g/mol. The van der Waals surface area contributed by atoms with Crippen LogP contribution in [-0.4, -0.2) is 81.3 Å². The summed E-state index contributed by atoms with van der Waals surface area (Å²) in [6.07, 6.45) is -0.814. The van der Waals surface area contributed by atoms with Crippen molar-refractivity contribution >= 4 is 58.5 Å². The zero-order valence-corrected chi connectivity index (χ0v) is 19.9. The van der Waals surface area contributed by atoms with E-state index in [1.165, 1.54) is 0 Å². The number of ether oxygens (including phenoxy) is 1. The number of hydrogen-bond acceptors (Lipinski definition) is 7. The molecule has 32 heavy (non-hydrogen) atoms. The van der Waals surface area contributed by atoms with Crippen LogP contribution in [0, 0.1) is 0 Å². The predicted octanol–water partition coefficient (Wildman–Crippen LogP) is -0.278. The molecule has 0 spiro atoms. The normalized spacial score (nSPS) is 23.9. The topological polar surface area (TPSA) is 169 Å². The number of H-pyrrole nitrogens is 1. The average molecular weight is 549 g/mol. The van der Waals surface area contributed by atoms with Crippen LogP contribution in [0.4, 0.5) is 0 Å². The molecule has 0 aliphatic carbocycles. The summed E-state index contributed by atoms with van der Waals surface area (Å²) in [4.78, 5) is 27.1. The van der Waals surface area contributed by atoms with E-state index < -0.39 is 43.8 Å².